The van der Waals surface area contributed by atoms with Crippen LogP contribution >= 0.6 is 23.2 Å². The van der Waals surface area contributed by atoms with Crippen LogP contribution in [0.3, 0.4) is 0 Å². The van der Waals surface area contributed by atoms with Gasteiger partial charge in [-0.2, -0.15) is 5.26 Å². The zero-order valence-electron chi connectivity index (χ0n) is 18.6. The van der Waals surface area contributed by atoms with Crippen LogP contribution in [0.25, 0.3) is 11.1 Å². The van der Waals surface area contributed by atoms with E-state index in [9.17, 15) is 23.2 Å². The summed E-state index contributed by atoms with van der Waals surface area (Å²) in [5.41, 5.74) is 0.443. The standard InChI is InChI=1S/C25H17Cl2F2N3O4/c1-32(12-30)24(34)21(11-16-19(28)3-2-4-20(16)29)31-23(33)14-7-5-13(6-8-14)22-17(26)9-15(25(35)36)10-18(22)27/h2-10,21H,11H2,1H3,(H,31,33)(H,35,36)/t21-/m0/s1. The van der Waals surface area contributed by atoms with Crippen molar-refractivity contribution < 1.29 is 28.3 Å². The summed E-state index contributed by atoms with van der Waals surface area (Å²) in [7, 11) is 1.16. The van der Waals surface area contributed by atoms with Gasteiger partial charge in [-0.15, -0.1) is 0 Å². The number of carbonyl (C=O) groups is 3. The Bertz CT molecular complexity index is 1350. The average Bonchev–Trinajstić information content (AvgIpc) is 2.84. The molecule has 3 aromatic rings. The zero-order valence-corrected chi connectivity index (χ0v) is 20.1. The van der Waals surface area contributed by atoms with E-state index < -0.39 is 47.4 Å². The highest BCUT2D eigenvalue weighted by Crippen LogP contribution is 2.36. The fourth-order valence-electron chi connectivity index (χ4n) is 3.42. The molecule has 0 radical (unpaired) electrons. The number of benzene rings is 3. The third-order valence-corrected chi connectivity index (χ3v) is 5.87. The van der Waals surface area contributed by atoms with Gasteiger partial charge in [0.25, 0.3) is 11.8 Å². The molecule has 1 atom stereocenters. The van der Waals surface area contributed by atoms with Crippen LogP contribution < -0.4 is 5.32 Å². The molecule has 184 valence electrons. The Hall–Kier alpha value is -4.00. The highest BCUT2D eigenvalue weighted by atomic mass is 35.5. The van der Waals surface area contributed by atoms with Crippen LogP contribution in [0, 0.1) is 23.1 Å². The molecule has 0 aliphatic heterocycles. The van der Waals surface area contributed by atoms with Crippen molar-refractivity contribution in [2.24, 2.45) is 0 Å². The molecule has 3 rings (SSSR count). The van der Waals surface area contributed by atoms with Crippen LogP contribution in [0.5, 0.6) is 0 Å². The van der Waals surface area contributed by atoms with Crippen molar-refractivity contribution in [3.8, 4) is 17.3 Å². The van der Waals surface area contributed by atoms with Gasteiger partial charge < -0.3 is 10.4 Å². The van der Waals surface area contributed by atoms with Crippen molar-refractivity contribution in [1.29, 1.82) is 5.26 Å². The lowest BCUT2D eigenvalue weighted by Crippen LogP contribution is -2.47. The SMILES string of the molecule is CN(C#N)C(=O)[C@H](Cc1c(F)cccc1F)NC(=O)c1ccc(-c2c(Cl)cc(C(=O)O)cc2Cl)cc1. The molecule has 0 unspecified atom stereocenters. The quantitative estimate of drug-likeness (QED) is 0.332. The van der Waals surface area contributed by atoms with E-state index in [1.807, 2.05) is 0 Å². The maximum absolute atomic E-state index is 14.2. The van der Waals surface area contributed by atoms with E-state index in [0.29, 0.717) is 16.0 Å². The van der Waals surface area contributed by atoms with E-state index >= 15 is 0 Å². The van der Waals surface area contributed by atoms with Gasteiger partial charge in [-0.1, -0.05) is 41.4 Å². The molecular weight excluding hydrogens is 515 g/mol. The van der Waals surface area contributed by atoms with Gasteiger partial charge in [-0.25, -0.2) is 13.6 Å². The van der Waals surface area contributed by atoms with Gasteiger partial charge in [0, 0.05) is 30.2 Å². The molecule has 0 aromatic heterocycles. The largest absolute Gasteiger partial charge is 0.478 e. The maximum Gasteiger partial charge on any atom is 0.335 e. The number of halogens is 4. The number of likely N-dealkylation sites (N-methyl/N-ethyl adjacent to an activating group) is 1. The van der Waals surface area contributed by atoms with Crippen molar-refractivity contribution in [2.75, 3.05) is 7.05 Å². The third kappa shape index (κ3) is 5.79. The molecule has 2 N–H and O–H groups in total. The lowest BCUT2D eigenvalue weighted by Gasteiger charge is -2.21. The number of nitriles is 1. The monoisotopic (exact) mass is 531 g/mol. The van der Waals surface area contributed by atoms with Gasteiger partial charge in [-0.3, -0.25) is 14.5 Å². The second-order valence-electron chi connectivity index (χ2n) is 7.63. The van der Waals surface area contributed by atoms with E-state index in [0.717, 1.165) is 19.2 Å². The van der Waals surface area contributed by atoms with Crippen molar-refractivity contribution >= 4 is 41.0 Å². The van der Waals surface area contributed by atoms with Crippen molar-refractivity contribution in [2.45, 2.75) is 12.5 Å². The molecular formula is C25H17Cl2F2N3O4. The molecule has 0 spiro atoms. The molecule has 0 bridgehead atoms. The second-order valence-corrected chi connectivity index (χ2v) is 8.44. The molecule has 0 heterocycles. The number of rotatable bonds is 7. The number of aromatic carboxylic acids is 1. The summed E-state index contributed by atoms with van der Waals surface area (Å²) in [4.78, 5) is 37.3. The van der Waals surface area contributed by atoms with Crippen LogP contribution in [0.4, 0.5) is 8.78 Å². The molecule has 0 saturated heterocycles. The first kappa shape index (κ1) is 26.6. The number of carboxylic acid groups (broad SMARTS) is 1. The highest BCUT2D eigenvalue weighted by molar-refractivity contribution is 6.39. The Morgan fingerprint density at radius 2 is 1.58 bits per heavy atom. The van der Waals surface area contributed by atoms with Crippen molar-refractivity contribution in [1.82, 2.24) is 10.2 Å². The van der Waals surface area contributed by atoms with Crippen LogP contribution in [0.15, 0.2) is 54.6 Å². The lowest BCUT2D eigenvalue weighted by atomic mass is 10.0. The summed E-state index contributed by atoms with van der Waals surface area (Å²) in [6, 6.07) is 10.1. The topological polar surface area (TPSA) is 111 Å². The number of amides is 2. The number of hydrogen-bond acceptors (Lipinski definition) is 4. The first-order valence-corrected chi connectivity index (χ1v) is 11.0. The third-order valence-electron chi connectivity index (χ3n) is 5.28. The molecule has 0 aliphatic carbocycles. The predicted octanol–water partition coefficient (Wildman–Crippen LogP) is 4.92. The Kier molecular flexibility index (Phi) is 8.25. The van der Waals surface area contributed by atoms with E-state index in [-0.39, 0.29) is 21.2 Å². The number of hydrogen-bond donors (Lipinski definition) is 2. The Labute approximate surface area is 214 Å². The van der Waals surface area contributed by atoms with Crippen molar-refractivity contribution in [3.63, 3.8) is 0 Å². The molecule has 7 nitrogen and oxygen atoms in total. The fourth-order valence-corrected chi connectivity index (χ4v) is 4.12. The average molecular weight is 532 g/mol. The summed E-state index contributed by atoms with van der Waals surface area (Å²) >= 11 is 12.4. The van der Waals surface area contributed by atoms with Gasteiger partial charge in [0.05, 0.1) is 15.6 Å². The normalized spacial score (nSPS) is 11.3. The minimum absolute atomic E-state index is 0.0888. The predicted molar refractivity (Wildman–Crippen MR) is 129 cm³/mol. The second kappa shape index (κ2) is 11.2. The summed E-state index contributed by atoms with van der Waals surface area (Å²) in [5.74, 6) is -4.58. The molecule has 0 aliphatic rings. The first-order chi connectivity index (χ1) is 17.0. The van der Waals surface area contributed by atoms with E-state index in [1.165, 1.54) is 42.5 Å². The van der Waals surface area contributed by atoms with Crippen LogP contribution in [-0.4, -0.2) is 40.9 Å². The zero-order chi connectivity index (χ0) is 26.6. The number of nitrogens with zero attached hydrogens (tertiary/aromatic N) is 2. The molecule has 3 aromatic carbocycles. The molecule has 11 heteroatoms. The number of carbonyl (C=O) groups excluding carboxylic acids is 2. The smallest absolute Gasteiger partial charge is 0.335 e. The van der Waals surface area contributed by atoms with E-state index in [2.05, 4.69) is 5.32 Å². The molecule has 36 heavy (non-hydrogen) atoms. The Balaban J connectivity index is 1.87. The van der Waals surface area contributed by atoms with Crippen molar-refractivity contribution in [3.05, 3.63) is 93.0 Å². The van der Waals surface area contributed by atoms with Crippen LogP contribution in [-0.2, 0) is 11.2 Å². The van der Waals surface area contributed by atoms with Gasteiger partial charge in [-0.05, 0) is 42.0 Å². The van der Waals surface area contributed by atoms with E-state index in [4.69, 9.17) is 33.6 Å². The number of carboxylic acids is 1. The van der Waals surface area contributed by atoms with Crippen LogP contribution in [0.1, 0.15) is 26.3 Å². The van der Waals surface area contributed by atoms with E-state index in [1.54, 1.807) is 6.19 Å². The van der Waals surface area contributed by atoms with Gasteiger partial charge in [0.2, 0.25) is 0 Å². The van der Waals surface area contributed by atoms with Gasteiger partial charge >= 0.3 is 5.97 Å². The van der Waals surface area contributed by atoms with Gasteiger partial charge in [0.15, 0.2) is 6.19 Å². The number of nitrogens with one attached hydrogen (secondary N) is 1. The summed E-state index contributed by atoms with van der Waals surface area (Å²) < 4.78 is 28.3. The summed E-state index contributed by atoms with van der Waals surface area (Å²) in [5, 5.41) is 20.8. The molecule has 0 fully saturated rings. The summed E-state index contributed by atoms with van der Waals surface area (Å²) in [6.45, 7) is 0. The maximum atomic E-state index is 14.2. The fraction of sp³-hybridized carbons (Fsp3) is 0.120. The minimum Gasteiger partial charge on any atom is -0.478 e. The van der Waals surface area contributed by atoms with Gasteiger partial charge in [0.1, 0.15) is 17.7 Å². The lowest BCUT2D eigenvalue weighted by molar-refractivity contribution is -0.129. The molecule has 0 saturated carbocycles. The summed E-state index contributed by atoms with van der Waals surface area (Å²) in [6.07, 6.45) is 1.08. The minimum atomic E-state index is -1.43. The van der Waals surface area contributed by atoms with Crippen LogP contribution in [0.2, 0.25) is 10.0 Å². The Morgan fingerprint density at radius 3 is 2.08 bits per heavy atom. The molecule has 2 amide bonds. The highest BCUT2D eigenvalue weighted by Gasteiger charge is 2.27. The Morgan fingerprint density at radius 1 is 1.03 bits per heavy atom. The first-order valence-electron chi connectivity index (χ1n) is 10.3.